The maximum Gasteiger partial charge on any atom is 0.247 e. The van der Waals surface area contributed by atoms with Crippen molar-refractivity contribution in [3.63, 3.8) is 0 Å². The summed E-state index contributed by atoms with van der Waals surface area (Å²) in [5.41, 5.74) is 3.76. The van der Waals surface area contributed by atoms with Crippen LogP contribution in [0.5, 0.6) is 0 Å². The zero-order valence-corrected chi connectivity index (χ0v) is 16.5. The van der Waals surface area contributed by atoms with E-state index in [-0.39, 0.29) is 29.8 Å². The molecule has 0 radical (unpaired) electrons. The highest BCUT2D eigenvalue weighted by atomic mass is 16.2. The maximum atomic E-state index is 13.4. The molecule has 2 unspecified atom stereocenters. The van der Waals surface area contributed by atoms with E-state index in [4.69, 9.17) is 0 Å². The summed E-state index contributed by atoms with van der Waals surface area (Å²) in [6.07, 6.45) is 0.599. The van der Waals surface area contributed by atoms with Gasteiger partial charge in [-0.1, -0.05) is 72.8 Å². The number of carbonyl (C=O) groups is 2. The first-order chi connectivity index (χ1) is 14.7. The van der Waals surface area contributed by atoms with E-state index in [0.717, 1.165) is 22.5 Å². The second-order valence-corrected chi connectivity index (χ2v) is 7.87. The molecular weight excluding hydrogens is 374 g/mol. The van der Waals surface area contributed by atoms with Crippen molar-refractivity contribution in [2.45, 2.75) is 24.4 Å². The van der Waals surface area contributed by atoms with E-state index in [1.807, 2.05) is 84.9 Å². The summed E-state index contributed by atoms with van der Waals surface area (Å²) in [5, 5.41) is 6.21. The Morgan fingerprint density at radius 3 is 2.17 bits per heavy atom. The summed E-state index contributed by atoms with van der Waals surface area (Å²) >= 11 is 0. The van der Waals surface area contributed by atoms with Crippen molar-refractivity contribution in [1.29, 1.82) is 0 Å². The Bertz CT molecular complexity index is 1030. The third-order valence-electron chi connectivity index (χ3n) is 5.95. The molecule has 5 heteroatoms. The standard InChI is InChI=1S/C25H23N3O2/c29-24-22-15-19(16-28(22)21-14-8-7-13-20(21)27-24)26-25(30)23(17-9-3-1-4-10-17)18-11-5-2-6-12-18/h1-14,19,22-23H,15-16H2,(H,26,30)(H,27,29). The number of amides is 2. The van der Waals surface area contributed by atoms with Gasteiger partial charge >= 0.3 is 0 Å². The van der Waals surface area contributed by atoms with E-state index in [0.29, 0.717) is 13.0 Å². The lowest BCUT2D eigenvalue weighted by Gasteiger charge is -2.32. The Hall–Kier alpha value is -3.60. The molecule has 3 aromatic rings. The van der Waals surface area contributed by atoms with Gasteiger partial charge in [-0.2, -0.15) is 0 Å². The molecule has 0 bridgehead atoms. The molecule has 30 heavy (non-hydrogen) atoms. The Morgan fingerprint density at radius 2 is 1.50 bits per heavy atom. The number of hydrogen-bond donors (Lipinski definition) is 2. The number of rotatable bonds is 4. The largest absolute Gasteiger partial charge is 0.356 e. The fraction of sp³-hybridized carbons (Fsp3) is 0.200. The molecule has 5 rings (SSSR count). The first-order valence-electron chi connectivity index (χ1n) is 10.3. The first kappa shape index (κ1) is 18.4. The Labute approximate surface area is 175 Å². The van der Waals surface area contributed by atoms with E-state index >= 15 is 0 Å². The van der Waals surface area contributed by atoms with Crippen molar-refractivity contribution in [1.82, 2.24) is 5.32 Å². The van der Waals surface area contributed by atoms with Gasteiger partial charge in [0.1, 0.15) is 6.04 Å². The van der Waals surface area contributed by atoms with Crippen molar-refractivity contribution in [3.05, 3.63) is 96.1 Å². The monoisotopic (exact) mass is 397 g/mol. The second kappa shape index (κ2) is 7.67. The van der Waals surface area contributed by atoms with Crippen molar-refractivity contribution in [2.24, 2.45) is 0 Å². The fourth-order valence-electron chi connectivity index (χ4n) is 4.57. The van der Waals surface area contributed by atoms with Crippen molar-refractivity contribution < 1.29 is 9.59 Å². The molecule has 2 heterocycles. The van der Waals surface area contributed by atoms with Crippen LogP contribution >= 0.6 is 0 Å². The molecule has 2 atom stereocenters. The van der Waals surface area contributed by atoms with Gasteiger partial charge in [-0.05, 0) is 29.7 Å². The summed E-state index contributed by atoms with van der Waals surface area (Å²) in [6, 6.07) is 27.1. The van der Waals surface area contributed by atoms with Crippen LogP contribution in [0.1, 0.15) is 23.5 Å². The minimum atomic E-state index is -0.383. The number of anilines is 2. The molecule has 0 aliphatic carbocycles. The Balaban J connectivity index is 1.39. The van der Waals surface area contributed by atoms with Gasteiger partial charge in [-0.25, -0.2) is 0 Å². The van der Waals surface area contributed by atoms with Gasteiger partial charge in [0.25, 0.3) is 0 Å². The van der Waals surface area contributed by atoms with E-state index in [1.54, 1.807) is 0 Å². The van der Waals surface area contributed by atoms with Crippen LogP contribution in [0, 0.1) is 0 Å². The molecular formula is C25H23N3O2. The molecule has 1 fully saturated rings. The zero-order valence-electron chi connectivity index (χ0n) is 16.5. The molecule has 2 aliphatic rings. The molecule has 2 amide bonds. The van der Waals surface area contributed by atoms with Crippen LogP contribution in [0.15, 0.2) is 84.9 Å². The summed E-state index contributed by atoms with van der Waals surface area (Å²) in [6.45, 7) is 0.622. The Kier molecular flexibility index (Phi) is 4.71. The van der Waals surface area contributed by atoms with E-state index in [2.05, 4.69) is 15.5 Å². The van der Waals surface area contributed by atoms with Crippen LogP contribution in [0.2, 0.25) is 0 Å². The smallest absolute Gasteiger partial charge is 0.247 e. The van der Waals surface area contributed by atoms with Crippen molar-refractivity contribution in [3.8, 4) is 0 Å². The lowest BCUT2D eigenvalue weighted by atomic mass is 9.90. The molecule has 5 nitrogen and oxygen atoms in total. The van der Waals surface area contributed by atoms with Gasteiger partial charge in [0, 0.05) is 12.6 Å². The number of fused-ring (bicyclic) bond motifs is 3. The highest BCUT2D eigenvalue weighted by molar-refractivity contribution is 6.04. The molecule has 0 saturated carbocycles. The van der Waals surface area contributed by atoms with Gasteiger partial charge in [-0.3, -0.25) is 9.59 Å². The minimum absolute atomic E-state index is 0.00637. The van der Waals surface area contributed by atoms with Gasteiger partial charge < -0.3 is 15.5 Å². The van der Waals surface area contributed by atoms with Crippen molar-refractivity contribution in [2.75, 3.05) is 16.8 Å². The van der Waals surface area contributed by atoms with Crippen molar-refractivity contribution >= 4 is 23.2 Å². The molecule has 3 aromatic carbocycles. The highest BCUT2D eigenvalue weighted by Gasteiger charge is 2.41. The molecule has 0 aromatic heterocycles. The number of nitrogens with one attached hydrogen (secondary N) is 2. The van der Waals surface area contributed by atoms with Crippen LogP contribution in [-0.4, -0.2) is 30.4 Å². The van der Waals surface area contributed by atoms with Crippen LogP contribution in [0.3, 0.4) is 0 Å². The first-order valence-corrected chi connectivity index (χ1v) is 10.3. The molecule has 1 saturated heterocycles. The lowest BCUT2D eigenvalue weighted by molar-refractivity contribution is -0.122. The minimum Gasteiger partial charge on any atom is -0.356 e. The number of para-hydroxylation sites is 2. The van der Waals surface area contributed by atoms with Crippen LogP contribution in [0.4, 0.5) is 11.4 Å². The van der Waals surface area contributed by atoms with Crippen LogP contribution in [-0.2, 0) is 9.59 Å². The van der Waals surface area contributed by atoms with E-state index < -0.39 is 0 Å². The molecule has 150 valence electrons. The zero-order chi connectivity index (χ0) is 20.5. The van der Waals surface area contributed by atoms with Crippen LogP contribution < -0.4 is 15.5 Å². The molecule has 0 spiro atoms. The topological polar surface area (TPSA) is 61.4 Å². The SMILES string of the molecule is O=C(NC1CC2C(=O)Nc3ccccc3N2C1)C(c1ccccc1)c1ccccc1. The third kappa shape index (κ3) is 3.32. The molecule has 2 N–H and O–H groups in total. The quantitative estimate of drug-likeness (QED) is 0.708. The summed E-state index contributed by atoms with van der Waals surface area (Å²) < 4.78 is 0. The van der Waals surface area contributed by atoms with Crippen LogP contribution in [0.25, 0.3) is 0 Å². The number of carbonyl (C=O) groups excluding carboxylic acids is 2. The lowest BCUT2D eigenvalue weighted by Crippen LogP contribution is -2.44. The van der Waals surface area contributed by atoms with Gasteiger partial charge in [0.15, 0.2) is 0 Å². The highest BCUT2D eigenvalue weighted by Crippen LogP contribution is 2.36. The summed E-state index contributed by atoms with van der Waals surface area (Å²) in [4.78, 5) is 28.1. The van der Waals surface area contributed by atoms with Gasteiger partial charge in [-0.15, -0.1) is 0 Å². The average molecular weight is 397 g/mol. The summed E-state index contributed by atoms with van der Waals surface area (Å²) in [7, 11) is 0. The number of benzene rings is 3. The van der Waals surface area contributed by atoms with Gasteiger partial charge in [0.05, 0.1) is 17.3 Å². The van der Waals surface area contributed by atoms with E-state index in [1.165, 1.54) is 0 Å². The second-order valence-electron chi connectivity index (χ2n) is 7.87. The van der Waals surface area contributed by atoms with E-state index in [9.17, 15) is 9.59 Å². The number of hydrogen-bond acceptors (Lipinski definition) is 3. The maximum absolute atomic E-state index is 13.4. The third-order valence-corrected chi connectivity index (χ3v) is 5.95. The van der Waals surface area contributed by atoms with Gasteiger partial charge in [0.2, 0.25) is 11.8 Å². The molecule has 2 aliphatic heterocycles. The fourth-order valence-corrected chi connectivity index (χ4v) is 4.57. The number of nitrogens with zero attached hydrogens (tertiary/aromatic N) is 1. The normalized spacial score (nSPS) is 19.8. The Morgan fingerprint density at radius 1 is 0.900 bits per heavy atom. The summed E-state index contributed by atoms with van der Waals surface area (Å²) in [5.74, 6) is -0.426. The predicted octanol–water partition coefficient (Wildman–Crippen LogP) is 3.53. The average Bonchev–Trinajstić information content (AvgIpc) is 3.20. The predicted molar refractivity (Wildman–Crippen MR) is 117 cm³/mol.